The summed E-state index contributed by atoms with van der Waals surface area (Å²) in [5.41, 5.74) is 0.933. The van der Waals surface area contributed by atoms with Crippen LogP contribution < -0.4 is 5.43 Å². The van der Waals surface area contributed by atoms with E-state index in [0.717, 1.165) is 0 Å². The summed E-state index contributed by atoms with van der Waals surface area (Å²) in [6.07, 6.45) is 4.47. The van der Waals surface area contributed by atoms with Crippen LogP contribution in [0.15, 0.2) is 17.1 Å². The third kappa shape index (κ3) is 1.47. The van der Waals surface area contributed by atoms with E-state index in [1.807, 2.05) is 0 Å². The van der Waals surface area contributed by atoms with E-state index in [-0.39, 0.29) is 17.6 Å². The lowest BCUT2D eigenvalue weighted by Gasteiger charge is -2.01. The van der Waals surface area contributed by atoms with E-state index >= 15 is 0 Å². The van der Waals surface area contributed by atoms with Crippen molar-refractivity contribution in [2.75, 3.05) is 0 Å². The molecule has 1 aromatic rings. The van der Waals surface area contributed by atoms with Crippen LogP contribution in [0.5, 0.6) is 0 Å². The molecular weight excluding hydrogens is 166 g/mol. The maximum atomic E-state index is 11.0. The molecular formula is C10H5NO2. The monoisotopic (exact) mass is 171 g/mol. The lowest BCUT2D eigenvalue weighted by molar-refractivity contribution is -0.114. The molecule has 3 nitrogen and oxygen atoms in total. The summed E-state index contributed by atoms with van der Waals surface area (Å²) in [4.78, 5) is 25.7. The van der Waals surface area contributed by atoms with Gasteiger partial charge < -0.3 is 0 Å². The quantitative estimate of drug-likeness (QED) is 0.559. The van der Waals surface area contributed by atoms with Crippen molar-refractivity contribution in [3.05, 3.63) is 45.9 Å². The summed E-state index contributed by atoms with van der Waals surface area (Å²) < 4.78 is 0. The van der Waals surface area contributed by atoms with Gasteiger partial charge >= 0.3 is 0 Å². The number of fused-ring (bicyclic) bond motifs is 1. The van der Waals surface area contributed by atoms with Crippen molar-refractivity contribution >= 4 is 11.9 Å². The highest BCUT2D eigenvalue weighted by Crippen LogP contribution is 2.10. The van der Waals surface area contributed by atoms with Gasteiger partial charge in [0, 0.05) is 12.0 Å². The van der Waals surface area contributed by atoms with E-state index in [4.69, 9.17) is 0 Å². The van der Waals surface area contributed by atoms with Gasteiger partial charge in [-0.15, -0.1) is 0 Å². The van der Waals surface area contributed by atoms with Crippen molar-refractivity contribution in [1.29, 1.82) is 0 Å². The summed E-state index contributed by atoms with van der Waals surface area (Å²) in [6.45, 7) is 0. The molecule has 1 heterocycles. The predicted octanol–water partition coefficient (Wildman–Crippen LogP) is 0.181. The van der Waals surface area contributed by atoms with Crippen molar-refractivity contribution in [3.8, 4) is 0 Å². The Bertz CT molecular complexity index is 449. The van der Waals surface area contributed by atoms with Crippen LogP contribution in [0.1, 0.15) is 11.3 Å². The lowest BCUT2D eigenvalue weighted by atomic mass is 10.0. The molecule has 0 fully saturated rings. The zero-order chi connectivity index (χ0) is 9.26. The molecule has 0 radical (unpaired) electrons. The number of hydrogen-bond donors (Lipinski definition) is 0. The Kier molecular flexibility index (Phi) is 1.67. The van der Waals surface area contributed by atoms with Gasteiger partial charge in [-0.2, -0.15) is 0 Å². The summed E-state index contributed by atoms with van der Waals surface area (Å²) in [7, 11) is 0. The Labute approximate surface area is 74.7 Å². The second-order valence-corrected chi connectivity index (χ2v) is 2.71. The van der Waals surface area contributed by atoms with Crippen LogP contribution >= 0.6 is 0 Å². The number of ketones is 1. The summed E-state index contributed by atoms with van der Waals surface area (Å²) in [5, 5.41) is 0. The molecule has 0 aromatic carbocycles. The molecule has 0 saturated heterocycles. The van der Waals surface area contributed by atoms with Gasteiger partial charge in [0.05, 0.1) is 11.9 Å². The highest BCUT2D eigenvalue weighted by molar-refractivity contribution is 5.97. The highest BCUT2D eigenvalue weighted by Gasteiger charge is 2.09. The van der Waals surface area contributed by atoms with Crippen LogP contribution in [0, 0.1) is 12.1 Å². The minimum absolute atomic E-state index is 0.00222. The second-order valence-electron chi connectivity index (χ2n) is 2.71. The number of hydrogen-bond acceptors (Lipinski definition) is 3. The van der Waals surface area contributed by atoms with E-state index in [0.29, 0.717) is 11.3 Å². The zero-order valence-electron chi connectivity index (χ0n) is 6.70. The van der Waals surface area contributed by atoms with E-state index in [2.05, 4.69) is 17.1 Å². The topological polar surface area (TPSA) is 47.0 Å². The maximum absolute atomic E-state index is 11.0. The molecule has 0 unspecified atom stereocenters. The smallest absolute Gasteiger partial charge is 0.247 e. The third-order valence-corrected chi connectivity index (χ3v) is 1.74. The van der Waals surface area contributed by atoms with Gasteiger partial charge in [0.2, 0.25) is 5.43 Å². The molecule has 13 heavy (non-hydrogen) atoms. The zero-order valence-corrected chi connectivity index (χ0v) is 6.70. The van der Waals surface area contributed by atoms with Crippen molar-refractivity contribution in [1.82, 2.24) is 4.98 Å². The fraction of sp³-hybridized carbons (Fsp3) is 0.100. The van der Waals surface area contributed by atoms with Crippen LogP contribution in [-0.4, -0.2) is 10.8 Å². The molecule has 2 rings (SSSR count). The molecule has 0 bridgehead atoms. The maximum Gasteiger partial charge on any atom is 0.247 e. The van der Waals surface area contributed by atoms with Gasteiger partial charge in [-0.3, -0.25) is 14.6 Å². The Hall–Kier alpha value is -1.95. The average Bonchev–Trinajstić information content (AvgIpc) is 2.29. The number of carbonyl (C=O) groups is 1. The van der Waals surface area contributed by atoms with Crippen LogP contribution in [0.3, 0.4) is 0 Å². The molecule has 0 amide bonds. The molecule has 0 atom stereocenters. The third-order valence-electron chi connectivity index (χ3n) is 1.74. The first-order valence-corrected chi connectivity index (χ1v) is 3.80. The van der Waals surface area contributed by atoms with Gasteiger partial charge in [-0.05, 0) is 18.2 Å². The van der Waals surface area contributed by atoms with Crippen LogP contribution in [0.25, 0.3) is 6.08 Å². The van der Waals surface area contributed by atoms with Crippen LogP contribution in [0.4, 0.5) is 0 Å². The largest absolute Gasteiger partial charge is 0.294 e. The van der Waals surface area contributed by atoms with E-state index < -0.39 is 0 Å². The van der Waals surface area contributed by atoms with Crippen molar-refractivity contribution in [2.45, 2.75) is 6.42 Å². The molecule has 1 aliphatic rings. The minimum Gasteiger partial charge on any atom is -0.294 e. The Morgan fingerprint density at radius 2 is 2.08 bits per heavy atom. The Morgan fingerprint density at radius 3 is 2.92 bits per heavy atom. The molecule has 1 aliphatic carbocycles. The normalized spacial score (nSPS) is 13.4. The minimum atomic E-state index is -0.324. The molecule has 3 heteroatoms. The van der Waals surface area contributed by atoms with Gasteiger partial charge in [0.15, 0.2) is 5.78 Å². The van der Waals surface area contributed by atoms with Crippen molar-refractivity contribution in [2.24, 2.45) is 0 Å². The van der Waals surface area contributed by atoms with Crippen LogP contribution in [0.2, 0.25) is 0 Å². The Balaban J connectivity index is 2.65. The second kappa shape index (κ2) is 2.83. The molecule has 0 N–H and O–H groups in total. The molecule has 0 aliphatic heterocycles. The number of carbonyl (C=O) groups excluding carboxylic acids is 1. The fourth-order valence-corrected chi connectivity index (χ4v) is 1.12. The molecule has 1 aromatic heterocycles. The fourth-order valence-electron chi connectivity index (χ4n) is 1.12. The van der Waals surface area contributed by atoms with Crippen molar-refractivity contribution in [3.63, 3.8) is 0 Å². The number of rotatable bonds is 0. The molecule has 0 saturated carbocycles. The van der Waals surface area contributed by atoms with Gasteiger partial charge in [0.1, 0.15) is 0 Å². The predicted molar refractivity (Wildman–Crippen MR) is 45.9 cm³/mol. The first-order chi connectivity index (χ1) is 6.25. The summed E-state index contributed by atoms with van der Waals surface area (Å²) in [6, 6.07) is 5.03. The number of allylic oxidation sites excluding steroid dienone is 1. The highest BCUT2D eigenvalue weighted by atomic mass is 16.1. The van der Waals surface area contributed by atoms with Crippen molar-refractivity contribution < 1.29 is 4.79 Å². The SMILES string of the molecule is O=C1C=Cc2ncc(=O)c#cc2C1. The first-order valence-electron chi connectivity index (χ1n) is 3.80. The average molecular weight is 171 g/mol. The molecule has 0 spiro atoms. The van der Waals surface area contributed by atoms with Gasteiger partial charge in [-0.1, -0.05) is 6.07 Å². The number of nitrogens with zero attached hydrogens (tertiary/aromatic N) is 1. The van der Waals surface area contributed by atoms with Crippen LogP contribution in [-0.2, 0) is 11.2 Å². The standard InChI is InChI=1S/C10H5NO2/c12-8-3-4-10-7(5-8)1-2-9(13)6-11-10/h3-4,6H,5H2. The van der Waals surface area contributed by atoms with E-state index in [1.165, 1.54) is 12.3 Å². The first kappa shape index (κ1) is 7.69. The van der Waals surface area contributed by atoms with E-state index in [9.17, 15) is 9.59 Å². The summed E-state index contributed by atoms with van der Waals surface area (Å²) >= 11 is 0. The number of aromatic nitrogens is 1. The lowest BCUT2D eigenvalue weighted by Crippen LogP contribution is -2.04. The van der Waals surface area contributed by atoms with E-state index in [1.54, 1.807) is 6.08 Å². The summed E-state index contributed by atoms with van der Waals surface area (Å²) in [5.74, 6) is -0.00222. The Morgan fingerprint density at radius 1 is 1.23 bits per heavy atom. The molecule has 62 valence electrons. The van der Waals surface area contributed by atoms with Gasteiger partial charge in [-0.25, -0.2) is 0 Å². The van der Waals surface area contributed by atoms with Gasteiger partial charge in [0.25, 0.3) is 0 Å².